The summed E-state index contributed by atoms with van der Waals surface area (Å²) in [5, 5.41) is 15.2. The van der Waals surface area contributed by atoms with Gasteiger partial charge in [0.05, 0.1) is 12.7 Å². The number of ether oxygens (including phenoxy) is 1. The van der Waals surface area contributed by atoms with E-state index in [1.54, 1.807) is 6.07 Å². The predicted octanol–water partition coefficient (Wildman–Crippen LogP) is 7.15. The van der Waals surface area contributed by atoms with E-state index in [0.717, 1.165) is 19.4 Å². The quantitative estimate of drug-likeness (QED) is 0.111. The van der Waals surface area contributed by atoms with E-state index in [1.165, 1.54) is 103 Å². The van der Waals surface area contributed by atoms with Crippen molar-refractivity contribution >= 4 is 11.8 Å². The molecule has 0 saturated heterocycles. The van der Waals surface area contributed by atoms with Gasteiger partial charge in [0.25, 0.3) is 5.88 Å². The summed E-state index contributed by atoms with van der Waals surface area (Å²) in [5.41, 5.74) is 5.68. The molecule has 0 spiro atoms. The van der Waals surface area contributed by atoms with Crippen molar-refractivity contribution in [1.29, 1.82) is 0 Å². The van der Waals surface area contributed by atoms with Crippen molar-refractivity contribution in [1.82, 2.24) is 4.98 Å². The van der Waals surface area contributed by atoms with E-state index in [4.69, 9.17) is 10.5 Å². The molecule has 32 heavy (non-hydrogen) atoms. The highest BCUT2D eigenvalue weighted by Crippen LogP contribution is 2.15. The minimum absolute atomic E-state index is 0.0801. The van der Waals surface area contributed by atoms with Crippen molar-refractivity contribution in [3.8, 4) is 5.88 Å². The highest BCUT2D eigenvalue weighted by atomic mass is 16.5. The smallest absolute Gasteiger partial charge is 0.347 e. The molecule has 186 valence electrons. The van der Waals surface area contributed by atoms with Gasteiger partial charge in [0.2, 0.25) is 5.82 Å². The summed E-state index contributed by atoms with van der Waals surface area (Å²) in [6.07, 6.45) is 24.0. The monoisotopic (exact) mass is 450 g/mol. The van der Waals surface area contributed by atoms with Crippen LogP contribution in [0, 0.1) is 5.21 Å². The van der Waals surface area contributed by atoms with Crippen LogP contribution in [-0.2, 0) is 0 Å². The Kier molecular flexibility index (Phi) is 17.6. The van der Waals surface area contributed by atoms with Gasteiger partial charge in [-0.1, -0.05) is 122 Å². The van der Waals surface area contributed by atoms with Crippen LogP contribution in [0.4, 0.5) is 11.8 Å². The van der Waals surface area contributed by atoms with Crippen LogP contribution in [0.2, 0.25) is 0 Å². The number of rotatable bonds is 22. The first-order valence-corrected chi connectivity index (χ1v) is 13.5. The van der Waals surface area contributed by atoms with E-state index in [-0.39, 0.29) is 5.95 Å². The fraction of sp³-hybridized carbons (Fsp3) is 0.846. The van der Waals surface area contributed by atoms with Crippen molar-refractivity contribution in [3.63, 3.8) is 0 Å². The maximum absolute atomic E-state index is 12.0. The van der Waals surface area contributed by atoms with Crippen LogP contribution >= 0.6 is 0 Å². The molecular formula is C26H50N4O2. The molecule has 0 saturated carbocycles. The number of hydrogen-bond donors (Lipinski definition) is 2. The molecule has 1 rings (SSSR count). The van der Waals surface area contributed by atoms with Gasteiger partial charge >= 0.3 is 5.95 Å². The lowest BCUT2D eigenvalue weighted by Crippen LogP contribution is -2.36. The molecule has 6 nitrogen and oxygen atoms in total. The number of nitrogens with zero attached hydrogens (tertiary/aromatic N) is 2. The van der Waals surface area contributed by atoms with Gasteiger partial charge in [-0.15, -0.1) is 0 Å². The molecule has 0 aliphatic heterocycles. The van der Waals surface area contributed by atoms with E-state index in [2.05, 4.69) is 17.2 Å². The van der Waals surface area contributed by atoms with Gasteiger partial charge in [0, 0.05) is 6.54 Å². The third-order valence-corrected chi connectivity index (χ3v) is 5.95. The highest BCUT2D eigenvalue weighted by molar-refractivity contribution is 5.36. The number of nitrogen functional groups attached to an aromatic ring is 1. The first kappa shape index (κ1) is 28.3. The van der Waals surface area contributed by atoms with Crippen LogP contribution in [-0.4, -0.2) is 18.1 Å². The topological polar surface area (TPSA) is 87.1 Å². The van der Waals surface area contributed by atoms with E-state index in [0.29, 0.717) is 23.0 Å². The summed E-state index contributed by atoms with van der Waals surface area (Å²) in [5.74, 6) is 0.741. The molecule has 1 aromatic heterocycles. The zero-order valence-corrected chi connectivity index (χ0v) is 21.0. The molecule has 1 heterocycles. The Hall–Kier alpha value is -1.72. The Morgan fingerprint density at radius 3 is 1.72 bits per heavy atom. The molecule has 3 N–H and O–H groups in total. The number of anilines is 2. The number of hydrogen-bond acceptors (Lipinski definition) is 5. The molecule has 0 amide bonds. The van der Waals surface area contributed by atoms with Crippen LogP contribution in [0.5, 0.6) is 5.88 Å². The largest absolute Gasteiger partial charge is 0.754 e. The number of unbranched alkanes of at least 4 members (excludes halogenated alkanes) is 16. The molecule has 0 fully saturated rings. The molecule has 0 aliphatic rings. The second-order valence-electron chi connectivity index (χ2n) is 9.06. The Labute approximate surface area is 197 Å². The van der Waals surface area contributed by atoms with Crippen molar-refractivity contribution in [2.45, 2.75) is 129 Å². The summed E-state index contributed by atoms with van der Waals surface area (Å²) >= 11 is 0. The predicted molar refractivity (Wildman–Crippen MR) is 136 cm³/mol. The zero-order valence-electron chi connectivity index (χ0n) is 21.0. The Bertz CT molecular complexity index is 569. The van der Waals surface area contributed by atoms with Gasteiger partial charge in [0.15, 0.2) is 0 Å². The molecule has 0 aromatic carbocycles. The summed E-state index contributed by atoms with van der Waals surface area (Å²) in [6, 6.07) is 1.63. The Morgan fingerprint density at radius 1 is 0.781 bits per heavy atom. The average molecular weight is 451 g/mol. The van der Waals surface area contributed by atoms with E-state index in [9.17, 15) is 5.21 Å². The number of nitrogens with one attached hydrogen (secondary N) is 1. The fourth-order valence-electron chi connectivity index (χ4n) is 3.96. The Morgan fingerprint density at radius 2 is 1.25 bits per heavy atom. The molecular weight excluding hydrogens is 400 g/mol. The van der Waals surface area contributed by atoms with Crippen LogP contribution in [0.25, 0.3) is 0 Å². The SMILES string of the molecule is CCCCCCCCCCCCCCCCCCCNc1cc(OCCC)nc(N)[n+]1[O-]. The van der Waals surface area contributed by atoms with Gasteiger partial charge in [-0.05, 0) is 12.8 Å². The summed E-state index contributed by atoms with van der Waals surface area (Å²) in [4.78, 5) is 3.97. The van der Waals surface area contributed by atoms with Gasteiger partial charge in [-0.3, -0.25) is 0 Å². The molecule has 0 unspecified atom stereocenters. The lowest BCUT2D eigenvalue weighted by molar-refractivity contribution is -0.577. The van der Waals surface area contributed by atoms with Crippen molar-refractivity contribution < 1.29 is 9.47 Å². The molecule has 1 aromatic rings. The number of nitrogens with two attached hydrogens (primary N) is 1. The van der Waals surface area contributed by atoms with Crippen molar-refractivity contribution in [2.75, 3.05) is 24.2 Å². The van der Waals surface area contributed by atoms with E-state index >= 15 is 0 Å². The third-order valence-electron chi connectivity index (χ3n) is 5.95. The fourth-order valence-corrected chi connectivity index (χ4v) is 3.96. The van der Waals surface area contributed by atoms with E-state index in [1.807, 2.05) is 6.92 Å². The van der Waals surface area contributed by atoms with Crippen molar-refractivity contribution in [2.24, 2.45) is 0 Å². The minimum atomic E-state index is -0.0801. The first-order chi connectivity index (χ1) is 15.7. The van der Waals surface area contributed by atoms with Gasteiger partial charge in [0.1, 0.15) is 0 Å². The van der Waals surface area contributed by atoms with Crippen LogP contribution in [0.1, 0.15) is 129 Å². The van der Waals surface area contributed by atoms with Crippen LogP contribution < -0.4 is 20.5 Å². The highest BCUT2D eigenvalue weighted by Gasteiger charge is 2.11. The van der Waals surface area contributed by atoms with Gasteiger partial charge in [-0.2, -0.15) is 0 Å². The summed E-state index contributed by atoms with van der Waals surface area (Å²) in [6.45, 7) is 5.63. The lowest BCUT2D eigenvalue weighted by atomic mass is 10.0. The summed E-state index contributed by atoms with van der Waals surface area (Å²) < 4.78 is 6.12. The van der Waals surface area contributed by atoms with Crippen molar-refractivity contribution in [3.05, 3.63) is 11.3 Å². The average Bonchev–Trinajstić information content (AvgIpc) is 2.79. The molecule has 6 heteroatoms. The van der Waals surface area contributed by atoms with Crippen LogP contribution in [0.15, 0.2) is 6.07 Å². The third kappa shape index (κ3) is 14.4. The lowest BCUT2D eigenvalue weighted by Gasteiger charge is -2.14. The zero-order chi connectivity index (χ0) is 23.3. The standard InChI is InChI=1S/C26H50N4O2/c1-3-5-6-7-8-9-10-11-12-13-14-15-16-17-18-19-20-21-28-24-23-25(32-22-4-2)29-26(27)30(24)31/h23,28H,3-22H2,1-2H3,(H2,27,29). The normalized spacial score (nSPS) is 11.1. The van der Waals surface area contributed by atoms with Gasteiger partial charge in [-0.25, -0.2) is 4.73 Å². The second kappa shape index (κ2) is 19.9. The summed E-state index contributed by atoms with van der Waals surface area (Å²) in [7, 11) is 0. The second-order valence-corrected chi connectivity index (χ2v) is 9.06. The molecule has 0 radical (unpaired) electrons. The van der Waals surface area contributed by atoms with Gasteiger partial charge < -0.3 is 21.0 Å². The molecule has 0 bridgehead atoms. The number of aromatic nitrogens is 2. The van der Waals surface area contributed by atoms with E-state index < -0.39 is 0 Å². The Balaban J connectivity index is 1.92. The molecule has 0 aliphatic carbocycles. The maximum Gasteiger partial charge on any atom is 0.347 e. The molecule has 0 atom stereocenters. The van der Waals surface area contributed by atoms with Crippen LogP contribution in [0.3, 0.4) is 0 Å². The minimum Gasteiger partial charge on any atom is -0.754 e. The first-order valence-electron chi connectivity index (χ1n) is 13.5. The maximum atomic E-state index is 12.0.